The van der Waals surface area contributed by atoms with Crippen molar-refractivity contribution in [1.82, 2.24) is 10.3 Å². The SMILES string of the molecule is Cc1cccc(OCC(=O)NC2CCC(Nc3ccnc4cc(Cl)ccc34)CC2)c1. The van der Waals surface area contributed by atoms with Crippen LogP contribution in [0, 0.1) is 6.92 Å². The van der Waals surface area contributed by atoms with Crippen LogP contribution in [0.5, 0.6) is 5.75 Å². The van der Waals surface area contributed by atoms with E-state index in [0.29, 0.717) is 11.1 Å². The Balaban J connectivity index is 1.25. The number of ether oxygens (including phenoxy) is 1. The van der Waals surface area contributed by atoms with Gasteiger partial charge in [-0.05, 0) is 74.6 Å². The van der Waals surface area contributed by atoms with Crippen LogP contribution in [0.4, 0.5) is 5.69 Å². The average Bonchev–Trinajstić information content (AvgIpc) is 2.74. The summed E-state index contributed by atoms with van der Waals surface area (Å²) in [5.74, 6) is 0.661. The van der Waals surface area contributed by atoms with E-state index in [1.54, 1.807) is 6.20 Å². The molecule has 0 saturated heterocycles. The van der Waals surface area contributed by atoms with Gasteiger partial charge in [0.25, 0.3) is 5.91 Å². The largest absolute Gasteiger partial charge is 0.484 e. The molecule has 0 bridgehead atoms. The topological polar surface area (TPSA) is 63.2 Å². The molecule has 1 saturated carbocycles. The van der Waals surface area contributed by atoms with E-state index in [2.05, 4.69) is 15.6 Å². The van der Waals surface area contributed by atoms with Gasteiger partial charge in [0.15, 0.2) is 6.61 Å². The summed E-state index contributed by atoms with van der Waals surface area (Å²) in [5, 5.41) is 8.52. The van der Waals surface area contributed by atoms with Gasteiger partial charge in [0.05, 0.1) is 5.52 Å². The van der Waals surface area contributed by atoms with Crippen molar-refractivity contribution in [2.45, 2.75) is 44.7 Å². The number of rotatable bonds is 6. The number of hydrogen-bond donors (Lipinski definition) is 2. The fourth-order valence-corrected chi connectivity index (χ4v) is 4.14. The van der Waals surface area contributed by atoms with Gasteiger partial charge in [-0.3, -0.25) is 9.78 Å². The molecule has 4 rings (SSSR count). The summed E-state index contributed by atoms with van der Waals surface area (Å²) < 4.78 is 5.60. The molecule has 1 aromatic heterocycles. The third-order valence-corrected chi connectivity index (χ3v) is 5.75. The van der Waals surface area contributed by atoms with E-state index < -0.39 is 0 Å². The summed E-state index contributed by atoms with van der Waals surface area (Å²) in [7, 11) is 0. The molecule has 1 aliphatic rings. The molecule has 2 aromatic carbocycles. The highest BCUT2D eigenvalue weighted by Gasteiger charge is 2.23. The lowest BCUT2D eigenvalue weighted by Crippen LogP contribution is -2.42. The molecule has 1 amide bonds. The van der Waals surface area contributed by atoms with Crippen LogP contribution in [-0.4, -0.2) is 29.6 Å². The third-order valence-electron chi connectivity index (χ3n) is 5.52. The summed E-state index contributed by atoms with van der Waals surface area (Å²) in [6, 6.07) is 16.1. The van der Waals surface area contributed by atoms with Crippen LogP contribution in [0.1, 0.15) is 31.2 Å². The lowest BCUT2D eigenvalue weighted by atomic mass is 9.91. The van der Waals surface area contributed by atoms with E-state index in [0.717, 1.165) is 53.6 Å². The van der Waals surface area contributed by atoms with Crippen LogP contribution in [-0.2, 0) is 4.79 Å². The van der Waals surface area contributed by atoms with Crippen LogP contribution < -0.4 is 15.4 Å². The molecule has 156 valence electrons. The Morgan fingerprint density at radius 3 is 2.70 bits per heavy atom. The van der Waals surface area contributed by atoms with Crippen molar-refractivity contribution in [2.75, 3.05) is 11.9 Å². The average molecular weight is 424 g/mol. The van der Waals surface area contributed by atoms with E-state index in [-0.39, 0.29) is 18.6 Å². The number of nitrogens with one attached hydrogen (secondary N) is 2. The van der Waals surface area contributed by atoms with Gasteiger partial charge in [-0.25, -0.2) is 0 Å². The van der Waals surface area contributed by atoms with Gasteiger partial charge >= 0.3 is 0 Å². The summed E-state index contributed by atoms with van der Waals surface area (Å²) in [6.07, 6.45) is 5.70. The third kappa shape index (κ3) is 5.22. The predicted molar refractivity (Wildman–Crippen MR) is 121 cm³/mol. The van der Waals surface area contributed by atoms with Gasteiger partial charge in [0.1, 0.15) is 5.75 Å². The van der Waals surface area contributed by atoms with Gasteiger partial charge in [-0.15, -0.1) is 0 Å². The van der Waals surface area contributed by atoms with Gasteiger partial charge in [-0.2, -0.15) is 0 Å². The van der Waals surface area contributed by atoms with Crippen LogP contribution in [0.3, 0.4) is 0 Å². The molecule has 1 heterocycles. The molecule has 0 aliphatic heterocycles. The number of halogens is 1. The normalized spacial score (nSPS) is 18.7. The zero-order valence-corrected chi connectivity index (χ0v) is 17.8. The minimum atomic E-state index is -0.0649. The molecule has 0 atom stereocenters. The first kappa shape index (κ1) is 20.5. The molecule has 2 N–H and O–H groups in total. The number of fused-ring (bicyclic) bond motifs is 1. The number of nitrogens with zero attached hydrogens (tertiary/aromatic N) is 1. The number of carbonyl (C=O) groups is 1. The fourth-order valence-electron chi connectivity index (χ4n) is 3.97. The molecule has 5 nitrogen and oxygen atoms in total. The summed E-state index contributed by atoms with van der Waals surface area (Å²) in [6.45, 7) is 2.05. The molecule has 30 heavy (non-hydrogen) atoms. The summed E-state index contributed by atoms with van der Waals surface area (Å²) in [4.78, 5) is 16.6. The van der Waals surface area contributed by atoms with Crippen molar-refractivity contribution in [3.8, 4) is 5.75 Å². The molecular formula is C24H26ClN3O2. The van der Waals surface area contributed by atoms with Crippen LogP contribution in [0.25, 0.3) is 10.9 Å². The summed E-state index contributed by atoms with van der Waals surface area (Å²) >= 11 is 6.08. The monoisotopic (exact) mass is 423 g/mol. The van der Waals surface area contributed by atoms with E-state index in [9.17, 15) is 4.79 Å². The zero-order chi connectivity index (χ0) is 20.9. The van der Waals surface area contributed by atoms with Gasteiger partial charge in [0, 0.05) is 34.4 Å². The first-order valence-electron chi connectivity index (χ1n) is 10.4. The first-order chi connectivity index (χ1) is 14.6. The number of anilines is 1. The molecule has 0 radical (unpaired) electrons. The lowest BCUT2D eigenvalue weighted by molar-refractivity contribution is -0.124. The number of aryl methyl sites for hydroxylation is 1. The molecular weight excluding hydrogens is 398 g/mol. The van der Waals surface area contributed by atoms with Crippen molar-refractivity contribution in [2.24, 2.45) is 0 Å². The van der Waals surface area contributed by atoms with Gasteiger partial charge in [-0.1, -0.05) is 23.7 Å². The maximum absolute atomic E-state index is 12.2. The van der Waals surface area contributed by atoms with Crippen molar-refractivity contribution >= 4 is 34.1 Å². The van der Waals surface area contributed by atoms with Crippen LogP contribution >= 0.6 is 11.6 Å². The van der Waals surface area contributed by atoms with Crippen molar-refractivity contribution in [3.63, 3.8) is 0 Å². The van der Waals surface area contributed by atoms with E-state index in [4.69, 9.17) is 16.3 Å². The van der Waals surface area contributed by atoms with Gasteiger partial charge in [0.2, 0.25) is 0 Å². The second kappa shape index (κ2) is 9.35. The quantitative estimate of drug-likeness (QED) is 0.578. The Kier molecular flexibility index (Phi) is 6.38. The Bertz CT molecular complexity index is 1030. The highest BCUT2D eigenvalue weighted by molar-refractivity contribution is 6.31. The Morgan fingerprint density at radius 1 is 1.10 bits per heavy atom. The number of pyridine rings is 1. The molecule has 0 unspecified atom stereocenters. The maximum Gasteiger partial charge on any atom is 0.258 e. The van der Waals surface area contributed by atoms with E-state index in [1.165, 1.54) is 0 Å². The molecule has 6 heteroatoms. The molecule has 1 fully saturated rings. The smallest absolute Gasteiger partial charge is 0.258 e. The number of amides is 1. The second-order valence-corrected chi connectivity index (χ2v) is 8.32. The molecule has 3 aromatic rings. The number of hydrogen-bond acceptors (Lipinski definition) is 4. The van der Waals surface area contributed by atoms with E-state index in [1.807, 2.05) is 55.5 Å². The van der Waals surface area contributed by atoms with Crippen molar-refractivity contribution < 1.29 is 9.53 Å². The highest BCUT2D eigenvalue weighted by Crippen LogP contribution is 2.28. The standard InChI is InChI=1S/C24H26ClN3O2/c1-16-3-2-4-20(13-16)30-15-24(29)28-19-8-6-18(7-9-19)27-22-11-12-26-23-14-17(25)5-10-21(22)23/h2-5,10-14,18-19H,6-9,15H2,1H3,(H,26,27)(H,28,29). The zero-order valence-electron chi connectivity index (χ0n) is 17.0. The van der Waals surface area contributed by atoms with Gasteiger partial charge < -0.3 is 15.4 Å². The predicted octanol–water partition coefficient (Wildman–Crippen LogP) is 5.11. The summed E-state index contributed by atoms with van der Waals surface area (Å²) in [5.41, 5.74) is 3.08. The fraction of sp³-hybridized carbons (Fsp3) is 0.333. The minimum absolute atomic E-state index is 0.0488. The first-order valence-corrected chi connectivity index (χ1v) is 10.7. The highest BCUT2D eigenvalue weighted by atomic mass is 35.5. The van der Waals surface area contributed by atoms with Crippen molar-refractivity contribution in [3.05, 3.63) is 65.3 Å². The second-order valence-electron chi connectivity index (χ2n) is 7.89. The number of benzene rings is 2. The Morgan fingerprint density at radius 2 is 1.90 bits per heavy atom. The molecule has 1 aliphatic carbocycles. The molecule has 0 spiro atoms. The van der Waals surface area contributed by atoms with E-state index >= 15 is 0 Å². The Labute approximate surface area is 181 Å². The minimum Gasteiger partial charge on any atom is -0.484 e. The van der Waals surface area contributed by atoms with Crippen LogP contribution in [0.15, 0.2) is 54.7 Å². The number of carbonyl (C=O) groups excluding carboxylic acids is 1. The maximum atomic E-state index is 12.2. The lowest BCUT2D eigenvalue weighted by Gasteiger charge is -2.30. The Hall–Kier alpha value is -2.79. The number of aromatic nitrogens is 1. The van der Waals surface area contributed by atoms with Crippen LogP contribution in [0.2, 0.25) is 5.02 Å². The van der Waals surface area contributed by atoms with Crippen molar-refractivity contribution in [1.29, 1.82) is 0 Å².